The lowest BCUT2D eigenvalue weighted by molar-refractivity contribution is -0.142. The van der Waals surface area contributed by atoms with E-state index in [4.69, 9.17) is 22.1 Å². The Balaban J connectivity index is 1.52. The van der Waals surface area contributed by atoms with Gasteiger partial charge >= 0.3 is 0 Å². The van der Waals surface area contributed by atoms with Crippen molar-refractivity contribution in [2.24, 2.45) is 5.73 Å². The maximum atomic E-state index is 14.2. The van der Waals surface area contributed by atoms with Gasteiger partial charge < -0.3 is 31.3 Å². The van der Waals surface area contributed by atoms with Crippen LogP contribution in [-0.4, -0.2) is 100 Å². The standard InChI is InChI=1S/C37H51ClN6O7S/c1-52(49,50)43-32(15-12-27-16-20-40-21-17-27)37(48)44-24-30(51-25-28-10-13-29(38)14-11-28)23-33(44)35(46)42-31(9-5-6-19-39)34(45)36(47)41-22-18-26-7-3-2-4-8-26/h2-4,7-8,10-14,30-33,40,43H,5-6,9,15-25,39H2,1H3,(H,41,47)(H,42,46)/t30-,31+,32-,33?/m1/s1. The number of nitrogens with two attached hydrogens (primary N) is 1. The number of ether oxygens (including phenoxy) is 1. The molecule has 2 aliphatic heterocycles. The van der Waals surface area contributed by atoms with Crippen LogP contribution in [0.2, 0.25) is 5.02 Å². The van der Waals surface area contributed by atoms with E-state index in [0.29, 0.717) is 30.8 Å². The molecule has 0 radical (unpaired) electrons. The summed E-state index contributed by atoms with van der Waals surface area (Å²) in [4.78, 5) is 56.0. The van der Waals surface area contributed by atoms with Gasteiger partial charge in [0, 0.05) is 24.5 Å². The number of halogens is 1. The lowest BCUT2D eigenvalue weighted by atomic mass is 10.0. The number of hydrogen-bond acceptors (Lipinski definition) is 9. The van der Waals surface area contributed by atoms with Crippen molar-refractivity contribution in [2.45, 2.75) is 82.2 Å². The maximum Gasteiger partial charge on any atom is 0.289 e. The van der Waals surface area contributed by atoms with Crippen molar-refractivity contribution in [3.05, 3.63) is 82.4 Å². The summed E-state index contributed by atoms with van der Waals surface area (Å²) in [5, 5.41) is 9.26. The third kappa shape index (κ3) is 13.4. The largest absolute Gasteiger partial charge is 0.372 e. The molecule has 0 saturated carbocycles. The van der Waals surface area contributed by atoms with Crippen LogP contribution in [0.4, 0.5) is 0 Å². The highest BCUT2D eigenvalue weighted by atomic mass is 35.5. The van der Waals surface area contributed by atoms with Crippen molar-refractivity contribution in [3.63, 3.8) is 0 Å². The number of Topliss-reactive ketones (excluding diaryl/α,β-unsaturated/α-hetero) is 1. The molecule has 0 aromatic heterocycles. The number of likely N-dealkylation sites (tertiary alicyclic amines) is 1. The minimum absolute atomic E-state index is 0.0126. The third-order valence-electron chi connectivity index (χ3n) is 9.14. The van der Waals surface area contributed by atoms with E-state index in [-0.39, 0.29) is 39.0 Å². The molecular weight excluding hydrogens is 708 g/mol. The summed E-state index contributed by atoms with van der Waals surface area (Å²) in [6.45, 7) is 2.39. The molecule has 0 spiro atoms. The Morgan fingerprint density at radius 3 is 2.40 bits per heavy atom. The van der Waals surface area contributed by atoms with Crippen LogP contribution in [0.15, 0.2) is 66.2 Å². The van der Waals surface area contributed by atoms with Gasteiger partial charge in [0.25, 0.3) is 5.91 Å². The molecule has 2 heterocycles. The van der Waals surface area contributed by atoms with Crippen LogP contribution in [0.25, 0.3) is 0 Å². The summed E-state index contributed by atoms with van der Waals surface area (Å²) in [6, 6.07) is 13.2. The number of nitrogens with one attached hydrogen (secondary N) is 4. The number of unbranched alkanes of at least 4 members (excludes halogenated alkanes) is 1. The van der Waals surface area contributed by atoms with Gasteiger partial charge in [0.05, 0.1) is 25.0 Å². The van der Waals surface area contributed by atoms with E-state index >= 15 is 0 Å². The van der Waals surface area contributed by atoms with Gasteiger partial charge in [0.15, 0.2) is 0 Å². The minimum atomic E-state index is -3.81. The molecule has 4 atom stereocenters. The molecule has 2 aliphatic rings. The minimum Gasteiger partial charge on any atom is -0.372 e. The first-order valence-electron chi connectivity index (χ1n) is 17.8. The van der Waals surface area contributed by atoms with Gasteiger partial charge in [-0.2, -0.15) is 0 Å². The Hall–Kier alpha value is -3.66. The molecule has 2 fully saturated rings. The van der Waals surface area contributed by atoms with Crippen LogP contribution < -0.4 is 26.4 Å². The Morgan fingerprint density at radius 2 is 1.73 bits per heavy atom. The highest BCUT2D eigenvalue weighted by molar-refractivity contribution is 7.88. The van der Waals surface area contributed by atoms with Gasteiger partial charge in [-0.25, -0.2) is 13.1 Å². The maximum absolute atomic E-state index is 14.2. The Morgan fingerprint density at radius 1 is 1.02 bits per heavy atom. The Kier molecular flexibility index (Phi) is 16.2. The summed E-state index contributed by atoms with van der Waals surface area (Å²) in [5.74, 6) is -2.83. The highest BCUT2D eigenvalue weighted by Gasteiger charge is 2.43. The van der Waals surface area contributed by atoms with Gasteiger partial charge in [-0.05, 0) is 87.8 Å². The number of rotatable bonds is 19. The van der Waals surface area contributed by atoms with Gasteiger partial charge in [0.2, 0.25) is 27.6 Å². The number of hydrogen-bond donors (Lipinski definition) is 5. The zero-order chi connectivity index (χ0) is 37.5. The first-order chi connectivity index (χ1) is 24.9. The van der Waals surface area contributed by atoms with Gasteiger partial charge in [-0.1, -0.05) is 65.7 Å². The predicted octanol–water partition coefficient (Wildman–Crippen LogP) is 1.99. The summed E-state index contributed by atoms with van der Waals surface area (Å²) >= 11 is 6.03. The fraction of sp³-hybridized carbons (Fsp3) is 0.514. The van der Waals surface area contributed by atoms with Crippen molar-refractivity contribution < 1.29 is 32.3 Å². The molecule has 6 N–H and O–H groups in total. The van der Waals surface area contributed by atoms with Gasteiger partial charge in [-0.15, -0.1) is 0 Å². The van der Waals surface area contributed by atoms with Crippen LogP contribution in [0.1, 0.15) is 56.1 Å². The SMILES string of the molecule is CS(=O)(=O)N[C@H](CC=C1CCNCC1)C(=O)N1C[C@H](OCc2ccc(Cl)cc2)CC1C(=O)N[C@@H](CCCCN)C(=O)C(=O)NCCc1ccccc1. The van der Waals surface area contributed by atoms with Crippen molar-refractivity contribution >= 4 is 45.1 Å². The Bertz CT molecular complexity index is 1630. The molecule has 4 rings (SSSR count). The smallest absolute Gasteiger partial charge is 0.289 e. The number of benzene rings is 2. The van der Waals surface area contributed by atoms with E-state index in [1.165, 1.54) is 4.90 Å². The first-order valence-corrected chi connectivity index (χ1v) is 20.1. The van der Waals surface area contributed by atoms with Crippen LogP contribution >= 0.6 is 11.6 Å². The molecule has 2 aromatic rings. The molecule has 52 heavy (non-hydrogen) atoms. The zero-order valence-electron chi connectivity index (χ0n) is 29.7. The van der Waals surface area contributed by atoms with E-state index < -0.39 is 57.8 Å². The number of amides is 3. The van der Waals surface area contributed by atoms with E-state index in [0.717, 1.165) is 48.9 Å². The monoisotopic (exact) mass is 758 g/mol. The van der Waals surface area contributed by atoms with Crippen molar-refractivity contribution in [2.75, 3.05) is 39.0 Å². The second-order valence-corrected chi connectivity index (χ2v) is 15.5. The number of ketones is 1. The fourth-order valence-corrected chi connectivity index (χ4v) is 7.18. The van der Waals surface area contributed by atoms with Crippen molar-refractivity contribution in [3.8, 4) is 0 Å². The average Bonchev–Trinajstić information content (AvgIpc) is 3.57. The van der Waals surface area contributed by atoms with E-state index in [2.05, 4.69) is 20.7 Å². The van der Waals surface area contributed by atoms with Gasteiger partial charge in [-0.3, -0.25) is 19.2 Å². The predicted molar refractivity (Wildman–Crippen MR) is 200 cm³/mol. The average molecular weight is 759 g/mol. The third-order valence-corrected chi connectivity index (χ3v) is 10.1. The second-order valence-electron chi connectivity index (χ2n) is 13.3. The number of carbonyl (C=O) groups is 4. The molecule has 1 unspecified atom stereocenters. The summed E-state index contributed by atoms with van der Waals surface area (Å²) in [7, 11) is -3.81. The van der Waals surface area contributed by atoms with Crippen LogP contribution in [-0.2, 0) is 47.0 Å². The molecule has 284 valence electrons. The molecule has 0 bridgehead atoms. The van der Waals surface area contributed by atoms with E-state index in [1.54, 1.807) is 12.1 Å². The zero-order valence-corrected chi connectivity index (χ0v) is 31.2. The summed E-state index contributed by atoms with van der Waals surface area (Å²) in [5.41, 5.74) is 8.64. The lowest BCUT2D eigenvalue weighted by Crippen LogP contribution is -2.56. The lowest BCUT2D eigenvalue weighted by Gasteiger charge is -2.29. The number of carbonyl (C=O) groups excluding carboxylic acids is 4. The van der Waals surface area contributed by atoms with Gasteiger partial charge in [0.1, 0.15) is 12.1 Å². The van der Waals surface area contributed by atoms with Crippen LogP contribution in [0, 0.1) is 0 Å². The molecule has 2 saturated heterocycles. The summed E-state index contributed by atoms with van der Waals surface area (Å²) in [6.07, 6.45) is 5.82. The fourth-order valence-electron chi connectivity index (χ4n) is 6.34. The van der Waals surface area contributed by atoms with Crippen molar-refractivity contribution in [1.29, 1.82) is 0 Å². The number of nitrogens with zero attached hydrogens (tertiary/aromatic N) is 1. The first kappa shape index (κ1) is 41.1. The quantitative estimate of drug-likeness (QED) is 0.0811. The molecular formula is C37H51ClN6O7S. The second kappa shape index (κ2) is 20.5. The number of piperidine rings is 1. The number of sulfonamides is 1. The van der Waals surface area contributed by atoms with Crippen molar-refractivity contribution in [1.82, 2.24) is 25.6 Å². The van der Waals surface area contributed by atoms with Crippen LogP contribution in [0.5, 0.6) is 0 Å². The molecule has 15 heteroatoms. The van der Waals surface area contributed by atoms with E-state index in [1.807, 2.05) is 48.5 Å². The molecule has 2 aromatic carbocycles. The molecule has 0 aliphatic carbocycles. The normalized spacial score (nSPS) is 18.8. The topological polar surface area (TPSA) is 189 Å². The molecule has 13 nitrogen and oxygen atoms in total. The van der Waals surface area contributed by atoms with Crippen LogP contribution in [0.3, 0.4) is 0 Å². The summed E-state index contributed by atoms with van der Waals surface area (Å²) < 4.78 is 33.5. The highest BCUT2D eigenvalue weighted by Crippen LogP contribution is 2.25. The van der Waals surface area contributed by atoms with E-state index in [9.17, 15) is 27.6 Å². The molecule has 3 amide bonds. The Labute approximate surface area is 311 Å².